The molecule has 1 atom stereocenters. The molecule has 0 radical (unpaired) electrons. The third kappa shape index (κ3) is 2.03. The standard InChI is InChI=1S/C10H19NO2/c11-4-1-9-7-10(8-13-9)2-5-12-6-3-10/h9H,1-8,11H2. The van der Waals surface area contributed by atoms with Crippen molar-refractivity contribution in [2.75, 3.05) is 26.4 Å². The van der Waals surface area contributed by atoms with E-state index in [1.807, 2.05) is 0 Å². The summed E-state index contributed by atoms with van der Waals surface area (Å²) in [5.41, 5.74) is 5.96. The summed E-state index contributed by atoms with van der Waals surface area (Å²) >= 11 is 0. The maximum atomic E-state index is 5.75. The van der Waals surface area contributed by atoms with Gasteiger partial charge in [-0.3, -0.25) is 0 Å². The Morgan fingerprint density at radius 1 is 1.31 bits per heavy atom. The highest BCUT2D eigenvalue weighted by Gasteiger charge is 2.40. The van der Waals surface area contributed by atoms with E-state index in [1.165, 1.54) is 19.3 Å². The SMILES string of the molecule is NCCC1CC2(CCOCC2)CO1. The average Bonchev–Trinajstić information content (AvgIpc) is 2.51. The topological polar surface area (TPSA) is 44.5 Å². The van der Waals surface area contributed by atoms with Crippen LogP contribution in [0.15, 0.2) is 0 Å². The van der Waals surface area contributed by atoms with E-state index >= 15 is 0 Å². The van der Waals surface area contributed by atoms with Gasteiger partial charge < -0.3 is 15.2 Å². The van der Waals surface area contributed by atoms with Crippen molar-refractivity contribution in [3.05, 3.63) is 0 Å². The number of hydrogen-bond donors (Lipinski definition) is 1. The fourth-order valence-corrected chi connectivity index (χ4v) is 2.42. The van der Waals surface area contributed by atoms with E-state index in [1.54, 1.807) is 0 Å². The molecule has 1 spiro atoms. The van der Waals surface area contributed by atoms with Crippen LogP contribution in [0, 0.1) is 5.41 Å². The zero-order valence-corrected chi connectivity index (χ0v) is 8.13. The molecule has 2 heterocycles. The van der Waals surface area contributed by atoms with Crippen LogP contribution in [-0.2, 0) is 9.47 Å². The molecule has 0 aromatic rings. The monoisotopic (exact) mass is 185 g/mol. The molecular weight excluding hydrogens is 166 g/mol. The largest absolute Gasteiger partial charge is 0.381 e. The predicted molar refractivity (Wildman–Crippen MR) is 50.5 cm³/mol. The molecule has 2 fully saturated rings. The van der Waals surface area contributed by atoms with Gasteiger partial charge in [0, 0.05) is 18.6 Å². The second kappa shape index (κ2) is 3.95. The Kier molecular flexibility index (Phi) is 2.86. The number of nitrogens with two attached hydrogens (primary N) is 1. The quantitative estimate of drug-likeness (QED) is 0.695. The van der Waals surface area contributed by atoms with Gasteiger partial charge in [0.1, 0.15) is 0 Å². The van der Waals surface area contributed by atoms with E-state index in [2.05, 4.69) is 0 Å². The Morgan fingerprint density at radius 3 is 2.77 bits per heavy atom. The fourth-order valence-electron chi connectivity index (χ4n) is 2.42. The zero-order valence-electron chi connectivity index (χ0n) is 8.13. The molecule has 1 unspecified atom stereocenters. The van der Waals surface area contributed by atoms with Gasteiger partial charge in [0.2, 0.25) is 0 Å². The van der Waals surface area contributed by atoms with Crippen molar-refractivity contribution in [1.82, 2.24) is 0 Å². The number of ether oxygens (including phenoxy) is 2. The van der Waals surface area contributed by atoms with Gasteiger partial charge in [-0.15, -0.1) is 0 Å². The maximum Gasteiger partial charge on any atom is 0.0593 e. The molecule has 3 heteroatoms. The predicted octanol–water partition coefficient (Wildman–Crippen LogP) is 0.921. The smallest absolute Gasteiger partial charge is 0.0593 e. The van der Waals surface area contributed by atoms with Gasteiger partial charge in [0.15, 0.2) is 0 Å². The van der Waals surface area contributed by atoms with Crippen molar-refractivity contribution in [3.8, 4) is 0 Å². The maximum absolute atomic E-state index is 5.75. The lowest BCUT2D eigenvalue weighted by Gasteiger charge is -2.31. The van der Waals surface area contributed by atoms with E-state index in [-0.39, 0.29) is 0 Å². The Bertz CT molecular complexity index is 166. The summed E-state index contributed by atoms with van der Waals surface area (Å²) in [5.74, 6) is 0. The molecule has 13 heavy (non-hydrogen) atoms. The van der Waals surface area contributed by atoms with Gasteiger partial charge in [-0.1, -0.05) is 0 Å². The van der Waals surface area contributed by atoms with Crippen molar-refractivity contribution in [2.45, 2.75) is 31.8 Å². The van der Waals surface area contributed by atoms with Crippen molar-refractivity contribution in [2.24, 2.45) is 11.1 Å². The summed E-state index contributed by atoms with van der Waals surface area (Å²) < 4.78 is 11.1. The van der Waals surface area contributed by atoms with Crippen molar-refractivity contribution < 1.29 is 9.47 Å². The molecule has 2 rings (SSSR count). The molecule has 0 amide bonds. The van der Waals surface area contributed by atoms with Crippen molar-refractivity contribution in [1.29, 1.82) is 0 Å². The summed E-state index contributed by atoms with van der Waals surface area (Å²) in [5, 5.41) is 0. The normalized spacial score (nSPS) is 32.5. The highest BCUT2D eigenvalue weighted by Crippen LogP contribution is 2.41. The molecular formula is C10H19NO2. The van der Waals surface area contributed by atoms with Gasteiger partial charge in [-0.05, 0) is 32.2 Å². The minimum absolute atomic E-state index is 0.420. The van der Waals surface area contributed by atoms with Crippen molar-refractivity contribution in [3.63, 3.8) is 0 Å². The summed E-state index contributed by atoms with van der Waals surface area (Å²) in [6, 6.07) is 0. The zero-order chi connectivity index (χ0) is 9.15. The Hall–Kier alpha value is -0.120. The van der Waals surface area contributed by atoms with Crippen LogP contribution >= 0.6 is 0 Å². The van der Waals surface area contributed by atoms with Crippen LogP contribution < -0.4 is 5.73 Å². The molecule has 3 nitrogen and oxygen atoms in total. The van der Waals surface area contributed by atoms with Gasteiger partial charge >= 0.3 is 0 Å². The van der Waals surface area contributed by atoms with Crippen LogP contribution in [0.25, 0.3) is 0 Å². The number of rotatable bonds is 2. The second-order valence-electron chi connectivity index (χ2n) is 4.33. The summed E-state index contributed by atoms with van der Waals surface area (Å²) in [6.45, 7) is 3.51. The summed E-state index contributed by atoms with van der Waals surface area (Å²) in [6.07, 6.45) is 4.99. The van der Waals surface area contributed by atoms with Crippen LogP contribution in [0.4, 0.5) is 0 Å². The lowest BCUT2D eigenvalue weighted by atomic mass is 9.78. The van der Waals surface area contributed by atoms with Gasteiger partial charge in [-0.25, -0.2) is 0 Å². The molecule has 0 aromatic heterocycles. The molecule has 2 saturated heterocycles. The molecule has 76 valence electrons. The first kappa shape index (κ1) is 9.44. The van der Waals surface area contributed by atoms with Crippen molar-refractivity contribution >= 4 is 0 Å². The number of hydrogen-bond acceptors (Lipinski definition) is 3. The lowest BCUT2D eigenvalue weighted by Crippen LogP contribution is -2.30. The van der Waals surface area contributed by atoms with Gasteiger partial charge in [-0.2, -0.15) is 0 Å². The van der Waals surface area contributed by atoms with Gasteiger partial charge in [0.05, 0.1) is 12.7 Å². The molecule has 0 saturated carbocycles. The van der Waals surface area contributed by atoms with E-state index in [4.69, 9.17) is 15.2 Å². The van der Waals surface area contributed by atoms with E-state index in [9.17, 15) is 0 Å². The third-order valence-corrected chi connectivity index (χ3v) is 3.33. The Labute approximate surface area is 79.6 Å². The first-order chi connectivity index (χ1) is 6.35. The highest BCUT2D eigenvalue weighted by molar-refractivity contribution is 4.89. The van der Waals surface area contributed by atoms with E-state index in [0.29, 0.717) is 11.5 Å². The summed E-state index contributed by atoms with van der Waals surface area (Å²) in [7, 11) is 0. The second-order valence-corrected chi connectivity index (χ2v) is 4.33. The first-order valence-electron chi connectivity index (χ1n) is 5.24. The molecule has 2 aliphatic heterocycles. The van der Waals surface area contributed by atoms with Crippen LogP contribution in [0.3, 0.4) is 0 Å². The fraction of sp³-hybridized carbons (Fsp3) is 1.00. The van der Waals surface area contributed by atoms with Crippen LogP contribution in [0.1, 0.15) is 25.7 Å². The van der Waals surface area contributed by atoms with E-state index < -0.39 is 0 Å². The van der Waals surface area contributed by atoms with Crippen LogP contribution in [-0.4, -0.2) is 32.5 Å². The highest BCUT2D eigenvalue weighted by atomic mass is 16.5. The molecule has 2 aliphatic rings. The summed E-state index contributed by atoms with van der Waals surface area (Å²) in [4.78, 5) is 0. The molecule has 0 bridgehead atoms. The van der Waals surface area contributed by atoms with Gasteiger partial charge in [0.25, 0.3) is 0 Å². The third-order valence-electron chi connectivity index (χ3n) is 3.33. The molecule has 0 aliphatic carbocycles. The first-order valence-corrected chi connectivity index (χ1v) is 5.24. The molecule has 0 aromatic carbocycles. The lowest BCUT2D eigenvalue weighted by molar-refractivity contribution is 0.00681. The van der Waals surface area contributed by atoms with E-state index in [0.717, 1.165) is 32.8 Å². The Morgan fingerprint density at radius 2 is 2.08 bits per heavy atom. The Balaban J connectivity index is 1.87. The minimum Gasteiger partial charge on any atom is -0.381 e. The molecule has 2 N–H and O–H groups in total. The van der Waals surface area contributed by atoms with Crippen LogP contribution in [0.2, 0.25) is 0 Å². The van der Waals surface area contributed by atoms with Crippen LogP contribution in [0.5, 0.6) is 0 Å². The average molecular weight is 185 g/mol. The minimum atomic E-state index is 0.420.